The Balaban J connectivity index is 1.52. The van der Waals surface area contributed by atoms with Crippen molar-refractivity contribution in [2.45, 2.75) is 26.4 Å². The molecule has 1 aromatic heterocycles. The number of carbonyl (C=O) groups excluding carboxylic acids is 2. The van der Waals surface area contributed by atoms with Gasteiger partial charge in [-0.15, -0.1) is 0 Å². The summed E-state index contributed by atoms with van der Waals surface area (Å²) < 4.78 is 3.30. The van der Waals surface area contributed by atoms with Crippen LogP contribution in [0.1, 0.15) is 29.2 Å². The number of benzene rings is 3. The zero-order chi connectivity index (χ0) is 23.7. The molecule has 0 aliphatic carbocycles. The average Bonchev–Trinajstić information content (AvgIpc) is 3.33. The molecule has 0 spiro atoms. The topological polar surface area (TPSA) is 42.3 Å². The zero-order valence-electron chi connectivity index (χ0n) is 18.7. The van der Waals surface area contributed by atoms with Crippen molar-refractivity contribution in [3.63, 3.8) is 0 Å². The Labute approximate surface area is 211 Å². The standard InChI is InChI=1S/C28H23BrN2O2S/c1-2-21-9-6-10-24-22(18-30(26(21)24)16-20-11-13-23(29)14-12-20)15-25-27(32)31(28(33)34-25)17-19-7-4-3-5-8-19/h3-15,18H,2,16-17H2,1H3/b25-15-. The third-order valence-corrected chi connectivity index (χ3v) is 7.44. The number of aromatic nitrogens is 1. The third kappa shape index (κ3) is 4.48. The molecule has 6 heteroatoms. The van der Waals surface area contributed by atoms with E-state index in [1.807, 2.05) is 48.5 Å². The zero-order valence-corrected chi connectivity index (χ0v) is 21.1. The van der Waals surface area contributed by atoms with Crippen LogP contribution in [0.3, 0.4) is 0 Å². The van der Waals surface area contributed by atoms with Crippen LogP contribution >= 0.6 is 27.7 Å². The van der Waals surface area contributed by atoms with Crippen LogP contribution in [0.2, 0.25) is 0 Å². The molecule has 0 bridgehead atoms. The van der Waals surface area contributed by atoms with Gasteiger partial charge >= 0.3 is 0 Å². The molecule has 1 aliphatic rings. The van der Waals surface area contributed by atoms with E-state index in [0.717, 1.165) is 45.7 Å². The minimum absolute atomic E-state index is 0.229. The van der Waals surface area contributed by atoms with Crippen molar-refractivity contribution in [3.05, 3.63) is 111 Å². The molecule has 2 heterocycles. The first-order valence-electron chi connectivity index (χ1n) is 11.2. The smallest absolute Gasteiger partial charge is 0.293 e. The quantitative estimate of drug-likeness (QED) is 0.246. The molecule has 5 rings (SSSR count). The van der Waals surface area contributed by atoms with Gasteiger partial charge in [0.2, 0.25) is 0 Å². The van der Waals surface area contributed by atoms with Crippen LogP contribution in [-0.4, -0.2) is 20.6 Å². The van der Waals surface area contributed by atoms with Crippen molar-refractivity contribution in [1.29, 1.82) is 0 Å². The molecule has 0 saturated carbocycles. The van der Waals surface area contributed by atoms with E-state index in [-0.39, 0.29) is 17.7 Å². The van der Waals surface area contributed by atoms with Crippen molar-refractivity contribution in [2.24, 2.45) is 0 Å². The van der Waals surface area contributed by atoms with Crippen molar-refractivity contribution < 1.29 is 9.59 Å². The van der Waals surface area contributed by atoms with Crippen molar-refractivity contribution in [3.8, 4) is 0 Å². The number of nitrogens with zero attached hydrogens (tertiary/aromatic N) is 2. The Kier molecular flexibility index (Phi) is 6.44. The van der Waals surface area contributed by atoms with E-state index in [0.29, 0.717) is 4.91 Å². The second kappa shape index (κ2) is 9.65. The molecule has 3 aromatic carbocycles. The summed E-state index contributed by atoms with van der Waals surface area (Å²) >= 11 is 4.52. The number of carbonyl (C=O) groups is 2. The first-order chi connectivity index (χ1) is 16.5. The predicted octanol–water partition coefficient (Wildman–Crippen LogP) is 7.25. The molecule has 34 heavy (non-hydrogen) atoms. The van der Waals surface area contributed by atoms with Crippen molar-refractivity contribution in [2.75, 3.05) is 0 Å². The number of amides is 2. The van der Waals surface area contributed by atoms with Gasteiger partial charge in [0, 0.05) is 28.2 Å². The molecular formula is C28H23BrN2O2S. The van der Waals surface area contributed by atoms with Crippen molar-refractivity contribution >= 4 is 55.8 Å². The number of rotatable bonds is 6. The lowest BCUT2D eigenvalue weighted by Gasteiger charge is -2.12. The predicted molar refractivity (Wildman–Crippen MR) is 143 cm³/mol. The Bertz CT molecular complexity index is 1410. The Hall–Kier alpha value is -3.09. The monoisotopic (exact) mass is 530 g/mol. The first kappa shape index (κ1) is 22.7. The lowest BCUT2D eigenvalue weighted by atomic mass is 10.1. The highest BCUT2D eigenvalue weighted by Crippen LogP contribution is 2.36. The van der Waals surface area contributed by atoms with E-state index < -0.39 is 0 Å². The number of fused-ring (bicyclic) bond motifs is 1. The minimum atomic E-state index is -0.237. The molecule has 4 nitrogen and oxygen atoms in total. The minimum Gasteiger partial charge on any atom is -0.342 e. The number of aryl methyl sites for hydroxylation is 1. The lowest BCUT2D eigenvalue weighted by molar-refractivity contribution is -0.123. The number of halogens is 1. The Morgan fingerprint density at radius 3 is 2.35 bits per heavy atom. The van der Waals surface area contributed by atoms with Gasteiger partial charge in [0.25, 0.3) is 11.1 Å². The molecule has 1 aliphatic heterocycles. The normalized spacial score (nSPS) is 15.1. The fourth-order valence-corrected chi connectivity index (χ4v) is 5.41. The maximum Gasteiger partial charge on any atom is 0.293 e. The highest BCUT2D eigenvalue weighted by Gasteiger charge is 2.35. The van der Waals surface area contributed by atoms with Crippen LogP contribution in [0.25, 0.3) is 17.0 Å². The molecule has 2 amide bonds. The van der Waals surface area contributed by atoms with Crippen LogP contribution < -0.4 is 0 Å². The van der Waals surface area contributed by atoms with Gasteiger partial charge in [0.15, 0.2) is 0 Å². The van der Waals surface area contributed by atoms with Crippen LogP contribution in [0.4, 0.5) is 4.79 Å². The summed E-state index contributed by atoms with van der Waals surface area (Å²) in [7, 11) is 0. The fraction of sp³-hybridized carbons (Fsp3) is 0.143. The van der Waals surface area contributed by atoms with Crippen LogP contribution in [0, 0.1) is 0 Å². The van der Waals surface area contributed by atoms with Gasteiger partial charge in [0.1, 0.15) is 0 Å². The summed E-state index contributed by atoms with van der Waals surface area (Å²) in [5.41, 5.74) is 5.51. The molecule has 0 atom stereocenters. The first-order valence-corrected chi connectivity index (χ1v) is 12.8. The number of hydrogen-bond donors (Lipinski definition) is 0. The van der Waals surface area contributed by atoms with E-state index in [9.17, 15) is 9.59 Å². The largest absolute Gasteiger partial charge is 0.342 e. The van der Waals surface area contributed by atoms with Crippen LogP contribution in [0.15, 0.2) is 88.4 Å². The second-order valence-corrected chi connectivity index (χ2v) is 10.2. The summed E-state index contributed by atoms with van der Waals surface area (Å²) in [6.45, 7) is 3.17. The molecule has 4 aromatic rings. The number of thioether (sulfide) groups is 1. The summed E-state index contributed by atoms with van der Waals surface area (Å²) in [5, 5.41) is 0.860. The number of hydrogen-bond acceptors (Lipinski definition) is 3. The molecule has 170 valence electrons. The molecule has 0 unspecified atom stereocenters. The number of imide groups is 1. The summed E-state index contributed by atoms with van der Waals surface area (Å²) in [5.74, 6) is -0.237. The van der Waals surface area contributed by atoms with Gasteiger partial charge in [-0.1, -0.05) is 83.5 Å². The second-order valence-electron chi connectivity index (χ2n) is 8.26. The van der Waals surface area contributed by atoms with Gasteiger partial charge in [-0.05, 0) is 53.1 Å². The van der Waals surface area contributed by atoms with Gasteiger partial charge in [-0.25, -0.2) is 0 Å². The third-order valence-electron chi connectivity index (χ3n) is 6.00. The molecule has 1 fully saturated rings. The van der Waals surface area contributed by atoms with Gasteiger partial charge in [0.05, 0.1) is 17.0 Å². The summed E-state index contributed by atoms with van der Waals surface area (Å²) in [6.07, 6.45) is 4.88. The van der Waals surface area contributed by atoms with Crippen LogP contribution in [0.5, 0.6) is 0 Å². The Morgan fingerprint density at radius 2 is 1.62 bits per heavy atom. The van der Waals surface area contributed by atoms with E-state index in [2.05, 4.69) is 63.9 Å². The number of para-hydroxylation sites is 1. The van der Waals surface area contributed by atoms with Gasteiger partial charge in [-0.2, -0.15) is 0 Å². The molecule has 0 N–H and O–H groups in total. The molecule has 1 saturated heterocycles. The van der Waals surface area contributed by atoms with Crippen LogP contribution in [-0.2, 0) is 24.3 Å². The van der Waals surface area contributed by atoms with Gasteiger partial charge < -0.3 is 4.57 Å². The molecular weight excluding hydrogens is 508 g/mol. The average molecular weight is 531 g/mol. The Morgan fingerprint density at radius 1 is 0.882 bits per heavy atom. The highest BCUT2D eigenvalue weighted by molar-refractivity contribution is 9.10. The SMILES string of the molecule is CCc1cccc2c(/C=C3\SC(=O)N(Cc4ccccc4)C3=O)cn(Cc3ccc(Br)cc3)c12. The van der Waals surface area contributed by atoms with Crippen molar-refractivity contribution in [1.82, 2.24) is 9.47 Å². The van der Waals surface area contributed by atoms with Gasteiger partial charge in [-0.3, -0.25) is 14.5 Å². The van der Waals surface area contributed by atoms with E-state index >= 15 is 0 Å². The maximum absolute atomic E-state index is 13.1. The summed E-state index contributed by atoms with van der Waals surface area (Å²) in [4.78, 5) is 27.6. The highest BCUT2D eigenvalue weighted by atomic mass is 79.9. The fourth-order valence-electron chi connectivity index (χ4n) is 4.32. The maximum atomic E-state index is 13.1. The summed E-state index contributed by atoms with van der Waals surface area (Å²) in [6, 6.07) is 24.2. The van der Waals surface area contributed by atoms with E-state index in [1.165, 1.54) is 21.5 Å². The molecule has 0 radical (unpaired) electrons. The van der Waals surface area contributed by atoms with E-state index in [1.54, 1.807) is 0 Å². The lowest BCUT2D eigenvalue weighted by Crippen LogP contribution is -2.27. The van der Waals surface area contributed by atoms with E-state index in [4.69, 9.17) is 0 Å².